The molecule has 0 spiro atoms. The molecule has 4 rings (SSSR count). The molecule has 2 fully saturated rings. The second-order valence-electron chi connectivity index (χ2n) is 7.02. The number of hydrogen-bond acceptors (Lipinski definition) is 2. The fraction of sp³-hybridized carbons (Fsp3) is 0.381. The van der Waals surface area contributed by atoms with Gasteiger partial charge in [0.05, 0.1) is 11.4 Å². The molecular formula is C21H25N3OS. The largest absolute Gasteiger partial charge is 0.354 e. The Hall–Kier alpha value is -2.14. The average Bonchev–Trinajstić information content (AvgIpc) is 3.24. The standard InChI is InChI=1S/C21H25N3OS/c1-16-18(5-2-4-17-7-8-17)14-19(22-16)20-6-3-9-24(20)15-21(25)23-10-12-26-13-11-23/h2-6,9,14,17,22H,1,7-8,10-13,15H2/b4-2-,18-5-. The Labute approximate surface area is 158 Å². The number of aromatic nitrogens is 2. The highest BCUT2D eigenvalue weighted by Gasteiger charge is 2.18. The summed E-state index contributed by atoms with van der Waals surface area (Å²) in [6.45, 7) is 6.23. The van der Waals surface area contributed by atoms with Crippen LogP contribution < -0.4 is 10.6 Å². The summed E-state index contributed by atoms with van der Waals surface area (Å²) in [6, 6.07) is 6.16. The summed E-state index contributed by atoms with van der Waals surface area (Å²) in [5.41, 5.74) is 2.04. The van der Waals surface area contributed by atoms with E-state index in [0.717, 1.165) is 52.5 Å². The van der Waals surface area contributed by atoms with Crippen LogP contribution in [0.25, 0.3) is 24.0 Å². The van der Waals surface area contributed by atoms with E-state index >= 15 is 0 Å². The number of rotatable bonds is 5. The van der Waals surface area contributed by atoms with Gasteiger partial charge in [0.2, 0.25) is 5.91 Å². The molecule has 1 aliphatic carbocycles. The van der Waals surface area contributed by atoms with E-state index in [1.165, 1.54) is 12.8 Å². The molecular weight excluding hydrogens is 342 g/mol. The van der Waals surface area contributed by atoms with Crippen molar-refractivity contribution in [3.63, 3.8) is 0 Å². The molecule has 0 unspecified atom stereocenters. The van der Waals surface area contributed by atoms with Crippen molar-refractivity contribution in [1.82, 2.24) is 14.5 Å². The molecule has 2 aromatic rings. The van der Waals surface area contributed by atoms with Crippen LogP contribution >= 0.6 is 11.8 Å². The fourth-order valence-corrected chi connectivity index (χ4v) is 4.16. The first kappa shape index (κ1) is 17.3. The van der Waals surface area contributed by atoms with Crippen LogP contribution in [0.1, 0.15) is 12.8 Å². The van der Waals surface area contributed by atoms with E-state index in [1.54, 1.807) is 0 Å². The van der Waals surface area contributed by atoms with Crippen molar-refractivity contribution < 1.29 is 4.79 Å². The normalized spacial score (nSPS) is 18.8. The van der Waals surface area contributed by atoms with Gasteiger partial charge in [0.25, 0.3) is 0 Å². The van der Waals surface area contributed by atoms with Gasteiger partial charge in [0.15, 0.2) is 0 Å². The first-order valence-electron chi connectivity index (χ1n) is 9.28. The van der Waals surface area contributed by atoms with E-state index < -0.39 is 0 Å². The maximum absolute atomic E-state index is 12.6. The summed E-state index contributed by atoms with van der Waals surface area (Å²) in [6.07, 6.45) is 11.1. The second kappa shape index (κ2) is 7.62. The van der Waals surface area contributed by atoms with Gasteiger partial charge < -0.3 is 14.5 Å². The minimum absolute atomic E-state index is 0.198. The highest BCUT2D eigenvalue weighted by molar-refractivity contribution is 7.99. The Bertz CT molecular complexity index is 913. The molecule has 0 bridgehead atoms. The van der Waals surface area contributed by atoms with Crippen LogP contribution in [0.3, 0.4) is 0 Å². The Morgan fingerprint density at radius 2 is 2.15 bits per heavy atom. The van der Waals surface area contributed by atoms with Gasteiger partial charge in [0, 0.05) is 36.1 Å². The second-order valence-corrected chi connectivity index (χ2v) is 8.25. The minimum atomic E-state index is 0.198. The highest BCUT2D eigenvalue weighted by atomic mass is 32.2. The summed E-state index contributed by atoms with van der Waals surface area (Å²) in [5.74, 6) is 3.05. The van der Waals surface area contributed by atoms with Gasteiger partial charge in [-0.3, -0.25) is 4.79 Å². The van der Waals surface area contributed by atoms with Crippen molar-refractivity contribution in [2.75, 3.05) is 24.6 Å². The van der Waals surface area contributed by atoms with Crippen molar-refractivity contribution in [3.05, 3.63) is 47.1 Å². The number of thioether (sulfide) groups is 1. The first-order chi connectivity index (χ1) is 12.7. The molecule has 3 heterocycles. The Kier molecular flexibility index (Phi) is 5.07. The minimum Gasteiger partial charge on any atom is -0.354 e. The van der Waals surface area contributed by atoms with E-state index in [2.05, 4.69) is 41.9 Å². The molecule has 1 saturated heterocycles. The van der Waals surface area contributed by atoms with E-state index in [0.29, 0.717) is 6.54 Å². The zero-order valence-corrected chi connectivity index (χ0v) is 15.8. The number of amides is 1. The number of nitrogens with zero attached hydrogens (tertiary/aromatic N) is 2. The van der Waals surface area contributed by atoms with Gasteiger partial charge in [-0.25, -0.2) is 0 Å². The summed E-state index contributed by atoms with van der Waals surface area (Å²) >= 11 is 1.92. The molecule has 1 N–H and O–H groups in total. The monoisotopic (exact) mass is 367 g/mol. The third-order valence-electron chi connectivity index (χ3n) is 4.99. The summed E-state index contributed by atoms with van der Waals surface area (Å²) < 4.78 is 2.03. The Balaban J connectivity index is 1.53. The van der Waals surface area contributed by atoms with Gasteiger partial charge in [-0.1, -0.05) is 24.8 Å². The van der Waals surface area contributed by atoms with Crippen LogP contribution in [0.15, 0.2) is 36.5 Å². The zero-order valence-electron chi connectivity index (χ0n) is 15.0. The fourth-order valence-electron chi connectivity index (χ4n) is 3.26. The lowest BCUT2D eigenvalue weighted by Crippen LogP contribution is -2.39. The van der Waals surface area contributed by atoms with Crippen molar-refractivity contribution in [2.45, 2.75) is 19.4 Å². The maximum atomic E-state index is 12.6. The highest BCUT2D eigenvalue weighted by Crippen LogP contribution is 2.29. The number of allylic oxidation sites excluding steroid dienone is 2. The lowest BCUT2D eigenvalue weighted by atomic mass is 10.2. The molecule has 5 heteroatoms. The SMILES string of the molecule is C=c1[nH]c(-c2cccn2CC(=O)N2CCSCC2)c/c1=C/C=C\C1CC1. The van der Waals surface area contributed by atoms with Gasteiger partial charge in [-0.05, 0) is 42.2 Å². The molecule has 2 aliphatic rings. The van der Waals surface area contributed by atoms with E-state index in [9.17, 15) is 4.79 Å². The summed E-state index contributed by atoms with van der Waals surface area (Å²) in [7, 11) is 0. The molecule has 0 aromatic carbocycles. The number of carbonyl (C=O) groups excluding carboxylic acids is 1. The smallest absolute Gasteiger partial charge is 0.242 e. The molecule has 0 atom stereocenters. The predicted molar refractivity (Wildman–Crippen MR) is 109 cm³/mol. The topological polar surface area (TPSA) is 41.0 Å². The number of nitrogens with one attached hydrogen (secondary N) is 1. The van der Waals surface area contributed by atoms with E-state index in [1.807, 2.05) is 33.5 Å². The quantitative estimate of drug-likeness (QED) is 0.880. The lowest BCUT2D eigenvalue weighted by molar-refractivity contribution is -0.131. The number of H-pyrrole nitrogens is 1. The van der Waals surface area contributed by atoms with Crippen molar-refractivity contribution >= 4 is 30.3 Å². The molecule has 136 valence electrons. The van der Waals surface area contributed by atoms with Gasteiger partial charge in [-0.15, -0.1) is 0 Å². The summed E-state index contributed by atoms with van der Waals surface area (Å²) in [5, 5.41) is 2.01. The summed E-state index contributed by atoms with van der Waals surface area (Å²) in [4.78, 5) is 17.9. The van der Waals surface area contributed by atoms with E-state index in [-0.39, 0.29) is 5.91 Å². The molecule has 26 heavy (non-hydrogen) atoms. The zero-order chi connectivity index (χ0) is 17.9. The average molecular weight is 368 g/mol. The van der Waals surface area contributed by atoms with Gasteiger partial charge >= 0.3 is 0 Å². The van der Waals surface area contributed by atoms with Crippen molar-refractivity contribution in [1.29, 1.82) is 0 Å². The predicted octanol–water partition coefficient (Wildman–Crippen LogP) is 2.22. The lowest BCUT2D eigenvalue weighted by Gasteiger charge is -2.26. The molecule has 1 amide bonds. The Morgan fingerprint density at radius 1 is 1.35 bits per heavy atom. The Morgan fingerprint density at radius 3 is 2.92 bits per heavy atom. The maximum Gasteiger partial charge on any atom is 0.242 e. The number of carbonyl (C=O) groups is 1. The van der Waals surface area contributed by atoms with Crippen molar-refractivity contribution in [2.24, 2.45) is 5.92 Å². The number of hydrogen-bond donors (Lipinski definition) is 1. The van der Waals surface area contributed by atoms with Crippen LogP contribution in [0.2, 0.25) is 0 Å². The van der Waals surface area contributed by atoms with Crippen LogP contribution in [-0.4, -0.2) is 45.0 Å². The van der Waals surface area contributed by atoms with Crippen LogP contribution in [-0.2, 0) is 11.3 Å². The number of aromatic amines is 1. The third kappa shape index (κ3) is 3.98. The van der Waals surface area contributed by atoms with E-state index in [4.69, 9.17) is 0 Å². The van der Waals surface area contributed by atoms with Crippen molar-refractivity contribution in [3.8, 4) is 11.4 Å². The molecule has 2 aromatic heterocycles. The van der Waals surface area contributed by atoms with Gasteiger partial charge in [0.1, 0.15) is 6.54 Å². The molecule has 1 aliphatic heterocycles. The van der Waals surface area contributed by atoms with Crippen LogP contribution in [0, 0.1) is 5.92 Å². The van der Waals surface area contributed by atoms with Crippen LogP contribution in [0.5, 0.6) is 0 Å². The molecule has 0 radical (unpaired) electrons. The first-order valence-corrected chi connectivity index (χ1v) is 10.4. The van der Waals surface area contributed by atoms with Gasteiger partial charge in [-0.2, -0.15) is 11.8 Å². The third-order valence-corrected chi connectivity index (χ3v) is 5.93. The van der Waals surface area contributed by atoms with Crippen LogP contribution in [0.4, 0.5) is 0 Å². The molecule has 1 saturated carbocycles. The molecule has 4 nitrogen and oxygen atoms in total.